The Labute approximate surface area is 228 Å². The van der Waals surface area contributed by atoms with Crippen molar-refractivity contribution in [3.8, 4) is 0 Å². The third-order valence-corrected chi connectivity index (χ3v) is 6.76. The monoisotopic (exact) mass is 520 g/mol. The molecule has 0 atom stereocenters. The van der Waals surface area contributed by atoms with Gasteiger partial charge in [-0.2, -0.15) is 0 Å². The summed E-state index contributed by atoms with van der Waals surface area (Å²) in [4.78, 5) is 48.3. The van der Waals surface area contributed by atoms with Gasteiger partial charge in [0.05, 0.1) is 12.2 Å². The van der Waals surface area contributed by atoms with Crippen molar-refractivity contribution in [3.63, 3.8) is 0 Å². The highest BCUT2D eigenvalue weighted by Gasteiger charge is 2.08. The summed E-state index contributed by atoms with van der Waals surface area (Å²) >= 11 is 0. The molecule has 2 rings (SSSR count). The maximum Gasteiger partial charge on any atom is 0.338 e. The second kappa shape index (κ2) is 18.2. The first-order valence-electron chi connectivity index (χ1n) is 14.2. The highest BCUT2D eigenvalue weighted by molar-refractivity contribution is 5.96. The lowest BCUT2D eigenvalue weighted by Crippen LogP contribution is -2.06. The minimum Gasteiger partial charge on any atom is -0.462 e. The summed E-state index contributed by atoms with van der Waals surface area (Å²) in [7, 11) is 0. The number of ether oxygens (including phenoxy) is 1. The molecule has 0 radical (unpaired) electrons. The average molecular weight is 521 g/mol. The molecule has 0 saturated carbocycles. The first-order chi connectivity index (χ1) is 18.3. The van der Waals surface area contributed by atoms with E-state index in [4.69, 9.17) is 4.74 Å². The maximum atomic E-state index is 12.2. The first kappa shape index (κ1) is 31.1. The molecule has 0 fully saturated rings. The molecule has 0 aliphatic carbocycles. The number of Topliss-reactive ketones (excluding diaryl/α,β-unsaturated/α-hetero) is 3. The van der Waals surface area contributed by atoms with Crippen LogP contribution in [0.3, 0.4) is 0 Å². The lowest BCUT2D eigenvalue weighted by atomic mass is 10.0. The van der Waals surface area contributed by atoms with Crippen LogP contribution in [-0.4, -0.2) is 29.9 Å². The van der Waals surface area contributed by atoms with Crippen molar-refractivity contribution in [1.29, 1.82) is 0 Å². The molecule has 0 bridgehead atoms. The SMILES string of the molecule is Cc1ccc(C(=O)CCCCCCC(=O)CCCCC(=O)CCCCCOC(=O)c2ccc(C)cc2)cc1. The zero-order chi connectivity index (χ0) is 27.6. The zero-order valence-electron chi connectivity index (χ0n) is 23.3. The number of aryl methyl sites for hydroxylation is 2. The van der Waals surface area contributed by atoms with Gasteiger partial charge in [0.15, 0.2) is 5.78 Å². The fourth-order valence-corrected chi connectivity index (χ4v) is 4.28. The predicted molar refractivity (Wildman–Crippen MR) is 152 cm³/mol. The fourth-order valence-electron chi connectivity index (χ4n) is 4.28. The minimum atomic E-state index is -0.305. The third kappa shape index (κ3) is 13.5. The van der Waals surface area contributed by atoms with E-state index in [1.165, 1.54) is 0 Å². The lowest BCUT2D eigenvalue weighted by molar-refractivity contribution is -0.121. The van der Waals surface area contributed by atoms with Crippen molar-refractivity contribution in [2.45, 2.75) is 104 Å². The number of benzene rings is 2. The molecule has 0 amide bonds. The Hall–Kier alpha value is -3.08. The Kier molecular flexibility index (Phi) is 14.9. The summed E-state index contributed by atoms with van der Waals surface area (Å²) in [5, 5.41) is 0. The molecule has 0 spiro atoms. The van der Waals surface area contributed by atoms with E-state index in [2.05, 4.69) is 0 Å². The molecule has 206 valence electrons. The molecule has 0 aromatic heterocycles. The van der Waals surface area contributed by atoms with Crippen LogP contribution in [-0.2, 0) is 14.3 Å². The predicted octanol–water partition coefficient (Wildman–Crippen LogP) is 7.94. The molecule has 38 heavy (non-hydrogen) atoms. The Morgan fingerprint density at radius 2 is 0.895 bits per heavy atom. The molecule has 0 heterocycles. The van der Waals surface area contributed by atoms with Gasteiger partial charge in [0.1, 0.15) is 11.6 Å². The zero-order valence-corrected chi connectivity index (χ0v) is 23.3. The van der Waals surface area contributed by atoms with E-state index in [0.29, 0.717) is 44.3 Å². The van der Waals surface area contributed by atoms with E-state index < -0.39 is 0 Å². The summed E-state index contributed by atoms with van der Waals surface area (Å²) in [6.07, 6.45) is 10.4. The number of carbonyl (C=O) groups is 4. The van der Waals surface area contributed by atoms with Crippen molar-refractivity contribution < 1.29 is 23.9 Å². The van der Waals surface area contributed by atoms with Crippen molar-refractivity contribution >= 4 is 23.3 Å². The van der Waals surface area contributed by atoms with Gasteiger partial charge in [0.2, 0.25) is 0 Å². The molecule has 5 nitrogen and oxygen atoms in total. The Morgan fingerprint density at radius 3 is 1.39 bits per heavy atom. The van der Waals surface area contributed by atoms with Crippen LogP contribution in [0, 0.1) is 13.8 Å². The van der Waals surface area contributed by atoms with Crippen LogP contribution < -0.4 is 0 Å². The first-order valence-corrected chi connectivity index (χ1v) is 14.2. The van der Waals surface area contributed by atoms with E-state index in [-0.39, 0.29) is 23.3 Å². The van der Waals surface area contributed by atoms with Gasteiger partial charge in [-0.05, 0) is 70.9 Å². The number of esters is 1. The highest BCUT2D eigenvalue weighted by Crippen LogP contribution is 2.13. The number of hydrogen-bond acceptors (Lipinski definition) is 5. The van der Waals surface area contributed by atoms with E-state index in [1.54, 1.807) is 12.1 Å². The van der Waals surface area contributed by atoms with Crippen molar-refractivity contribution in [2.75, 3.05) is 6.61 Å². The molecule has 0 unspecified atom stereocenters. The Bertz CT molecular complexity index is 921. The lowest BCUT2D eigenvalue weighted by Gasteiger charge is -2.05. The Morgan fingerprint density at radius 1 is 0.500 bits per heavy atom. The van der Waals surface area contributed by atoms with Gasteiger partial charge in [0.25, 0.3) is 0 Å². The largest absolute Gasteiger partial charge is 0.462 e. The van der Waals surface area contributed by atoms with Gasteiger partial charge >= 0.3 is 5.97 Å². The van der Waals surface area contributed by atoms with Gasteiger partial charge in [-0.3, -0.25) is 14.4 Å². The van der Waals surface area contributed by atoms with E-state index in [1.807, 2.05) is 50.2 Å². The smallest absolute Gasteiger partial charge is 0.338 e. The Balaban J connectivity index is 1.38. The third-order valence-electron chi connectivity index (χ3n) is 6.76. The summed E-state index contributed by atoms with van der Waals surface area (Å²) < 4.78 is 5.28. The fraction of sp³-hybridized carbons (Fsp3) is 0.515. The summed E-state index contributed by atoms with van der Waals surface area (Å²) in [5.74, 6) is 0.402. The molecule has 2 aromatic carbocycles. The van der Waals surface area contributed by atoms with Crippen molar-refractivity contribution in [1.82, 2.24) is 0 Å². The number of unbranched alkanes of at least 4 members (excludes halogenated alkanes) is 6. The molecule has 0 aliphatic heterocycles. The highest BCUT2D eigenvalue weighted by atomic mass is 16.5. The van der Waals surface area contributed by atoms with Crippen LogP contribution in [0.1, 0.15) is 122 Å². The van der Waals surface area contributed by atoms with Crippen LogP contribution in [0.15, 0.2) is 48.5 Å². The van der Waals surface area contributed by atoms with Crippen LogP contribution in [0.25, 0.3) is 0 Å². The standard InChI is InChI=1S/C33H44O5/c1-26-17-21-28(22-18-26)32(36)16-8-4-3-6-12-30(34)14-9-10-15-31(35)13-7-5-11-25-38-33(37)29-23-19-27(2)20-24-29/h17-24H,3-16,25H2,1-2H3. The average Bonchev–Trinajstić information content (AvgIpc) is 2.91. The molecular formula is C33H44O5. The molecule has 0 N–H and O–H groups in total. The van der Waals surface area contributed by atoms with Gasteiger partial charge in [-0.15, -0.1) is 0 Å². The van der Waals surface area contributed by atoms with Gasteiger partial charge < -0.3 is 4.74 Å². The molecule has 2 aromatic rings. The minimum absolute atomic E-state index is 0.190. The summed E-state index contributed by atoms with van der Waals surface area (Å²) in [6, 6.07) is 15.0. The second-order valence-electron chi connectivity index (χ2n) is 10.3. The quantitative estimate of drug-likeness (QED) is 0.101. The number of hydrogen-bond donors (Lipinski definition) is 0. The van der Waals surface area contributed by atoms with E-state index >= 15 is 0 Å². The topological polar surface area (TPSA) is 77.5 Å². The van der Waals surface area contributed by atoms with Gasteiger partial charge in [-0.1, -0.05) is 60.4 Å². The molecule has 5 heteroatoms. The van der Waals surface area contributed by atoms with Crippen LogP contribution in [0.4, 0.5) is 0 Å². The van der Waals surface area contributed by atoms with Gasteiger partial charge in [-0.25, -0.2) is 4.79 Å². The second-order valence-corrected chi connectivity index (χ2v) is 10.3. The molecule has 0 saturated heterocycles. The normalized spacial score (nSPS) is 10.8. The van der Waals surface area contributed by atoms with Crippen LogP contribution in [0.2, 0.25) is 0 Å². The molecular weight excluding hydrogens is 476 g/mol. The number of carbonyl (C=O) groups excluding carboxylic acids is 4. The van der Waals surface area contributed by atoms with Crippen LogP contribution in [0.5, 0.6) is 0 Å². The van der Waals surface area contributed by atoms with Crippen molar-refractivity contribution in [2.24, 2.45) is 0 Å². The van der Waals surface area contributed by atoms with E-state index in [0.717, 1.165) is 74.5 Å². The number of ketones is 3. The number of rotatable bonds is 20. The van der Waals surface area contributed by atoms with Crippen LogP contribution >= 0.6 is 0 Å². The summed E-state index contributed by atoms with van der Waals surface area (Å²) in [5.41, 5.74) is 3.60. The maximum absolute atomic E-state index is 12.2. The van der Waals surface area contributed by atoms with E-state index in [9.17, 15) is 19.2 Å². The van der Waals surface area contributed by atoms with Gasteiger partial charge in [0, 0.05) is 37.7 Å². The van der Waals surface area contributed by atoms with Crippen molar-refractivity contribution in [3.05, 3.63) is 70.8 Å². The summed E-state index contributed by atoms with van der Waals surface area (Å²) in [6.45, 7) is 4.35. The molecule has 0 aliphatic rings.